The van der Waals surface area contributed by atoms with Crippen LogP contribution in [0.25, 0.3) is 0 Å². The Bertz CT molecular complexity index is 829. The second-order valence-electron chi connectivity index (χ2n) is 7.16. The number of nitrogens with zero attached hydrogens (tertiary/aromatic N) is 1. The van der Waals surface area contributed by atoms with Crippen LogP contribution in [0.15, 0.2) is 35.3 Å². The van der Waals surface area contributed by atoms with Gasteiger partial charge in [-0.25, -0.2) is 0 Å². The SMILES string of the molecule is NC(N)=NCCCC(NC(=O)C(N)CO)C(=O)NC(Cc1ccccc1)C(=O)NCC(=O)O. The van der Waals surface area contributed by atoms with Crippen LogP contribution in [0, 0.1) is 0 Å². The summed E-state index contributed by atoms with van der Waals surface area (Å²) in [6.45, 7) is -1.05. The third-order valence-electron chi connectivity index (χ3n) is 4.44. The van der Waals surface area contributed by atoms with E-state index in [2.05, 4.69) is 20.9 Å². The zero-order valence-corrected chi connectivity index (χ0v) is 18.1. The summed E-state index contributed by atoms with van der Waals surface area (Å²) in [7, 11) is 0. The van der Waals surface area contributed by atoms with Gasteiger partial charge in [0.2, 0.25) is 17.7 Å². The third-order valence-corrected chi connectivity index (χ3v) is 4.44. The first-order valence-corrected chi connectivity index (χ1v) is 10.2. The van der Waals surface area contributed by atoms with Gasteiger partial charge in [0.1, 0.15) is 24.7 Å². The van der Waals surface area contributed by atoms with Gasteiger partial charge in [0, 0.05) is 13.0 Å². The number of carbonyl (C=O) groups is 4. The highest BCUT2D eigenvalue weighted by atomic mass is 16.4. The number of hydrogen-bond donors (Lipinski definition) is 8. The Balaban J connectivity index is 2.98. The molecule has 11 N–H and O–H groups in total. The van der Waals surface area contributed by atoms with Crippen molar-refractivity contribution in [3.05, 3.63) is 35.9 Å². The molecule has 1 aromatic rings. The molecule has 0 aliphatic carbocycles. The predicted octanol–water partition coefficient (Wildman–Crippen LogP) is -3.23. The molecule has 0 fully saturated rings. The van der Waals surface area contributed by atoms with Crippen LogP contribution in [-0.2, 0) is 25.6 Å². The largest absolute Gasteiger partial charge is 0.480 e. The van der Waals surface area contributed by atoms with Gasteiger partial charge in [-0.15, -0.1) is 0 Å². The molecule has 0 spiro atoms. The summed E-state index contributed by atoms with van der Waals surface area (Å²) in [6.07, 6.45) is 0.517. The van der Waals surface area contributed by atoms with Crippen LogP contribution in [0.2, 0.25) is 0 Å². The van der Waals surface area contributed by atoms with E-state index in [-0.39, 0.29) is 25.3 Å². The molecule has 0 saturated heterocycles. The van der Waals surface area contributed by atoms with E-state index in [9.17, 15) is 19.2 Å². The summed E-state index contributed by atoms with van der Waals surface area (Å²) < 4.78 is 0. The lowest BCUT2D eigenvalue weighted by molar-refractivity contribution is -0.138. The number of nitrogens with two attached hydrogens (primary N) is 3. The number of carboxylic acids is 1. The number of aliphatic hydroxyl groups is 1. The minimum absolute atomic E-state index is 0.0862. The van der Waals surface area contributed by atoms with Gasteiger partial charge in [-0.2, -0.15) is 0 Å². The molecule has 0 aliphatic rings. The molecule has 0 saturated carbocycles. The summed E-state index contributed by atoms with van der Waals surface area (Å²) in [5, 5.41) is 25.1. The number of hydrogen-bond acceptors (Lipinski definition) is 7. The zero-order valence-electron chi connectivity index (χ0n) is 18.1. The number of carboxylic acid groups (broad SMARTS) is 1. The van der Waals surface area contributed by atoms with E-state index < -0.39 is 55.0 Å². The van der Waals surface area contributed by atoms with Gasteiger partial charge in [-0.1, -0.05) is 30.3 Å². The number of carbonyl (C=O) groups excluding carboxylic acids is 3. The highest BCUT2D eigenvalue weighted by Gasteiger charge is 2.28. The molecule has 3 unspecified atom stereocenters. The molecule has 0 aromatic heterocycles. The number of aliphatic carboxylic acids is 1. The number of nitrogens with one attached hydrogen (secondary N) is 3. The molecular formula is C20H31N7O6. The molecule has 1 rings (SSSR count). The lowest BCUT2D eigenvalue weighted by Crippen LogP contribution is -2.57. The molecule has 0 bridgehead atoms. The lowest BCUT2D eigenvalue weighted by atomic mass is 10.0. The van der Waals surface area contributed by atoms with Crippen molar-refractivity contribution in [3.8, 4) is 0 Å². The Morgan fingerprint density at radius 2 is 1.61 bits per heavy atom. The number of amides is 3. The van der Waals surface area contributed by atoms with Crippen LogP contribution < -0.4 is 33.2 Å². The summed E-state index contributed by atoms with van der Waals surface area (Å²) in [6, 6.07) is 5.35. The average Bonchev–Trinajstić information content (AvgIpc) is 2.78. The van der Waals surface area contributed by atoms with E-state index in [1.54, 1.807) is 30.3 Å². The zero-order chi connectivity index (χ0) is 24.8. The molecule has 1 aromatic carbocycles. The quantitative estimate of drug-likeness (QED) is 0.0782. The van der Waals surface area contributed by atoms with Crippen LogP contribution >= 0.6 is 0 Å². The third kappa shape index (κ3) is 10.9. The maximum Gasteiger partial charge on any atom is 0.322 e. The van der Waals surface area contributed by atoms with Gasteiger partial charge in [-0.3, -0.25) is 24.2 Å². The van der Waals surface area contributed by atoms with Gasteiger partial charge >= 0.3 is 5.97 Å². The van der Waals surface area contributed by atoms with Gasteiger partial charge in [0.05, 0.1) is 6.61 Å². The average molecular weight is 466 g/mol. The van der Waals surface area contributed by atoms with Crippen molar-refractivity contribution in [1.29, 1.82) is 0 Å². The Morgan fingerprint density at radius 1 is 0.970 bits per heavy atom. The number of aliphatic hydroxyl groups excluding tert-OH is 1. The molecule has 3 atom stereocenters. The van der Waals surface area contributed by atoms with Gasteiger partial charge in [-0.05, 0) is 18.4 Å². The van der Waals surface area contributed by atoms with Crippen molar-refractivity contribution in [1.82, 2.24) is 16.0 Å². The van der Waals surface area contributed by atoms with Crippen LogP contribution in [0.4, 0.5) is 0 Å². The highest BCUT2D eigenvalue weighted by molar-refractivity contribution is 5.93. The van der Waals surface area contributed by atoms with E-state index in [1.807, 2.05) is 0 Å². The van der Waals surface area contributed by atoms with Crippen LogP contribution in [0.1, 0.15) is 18.4 Å². The summed E-state index contributed by atoms with van der Waals surface area (Å²) in [4.78, 5) is 52.3. The van der Waals surface area contributed by atoms with Crippen molar-refractivity contribution in [3.63, 3.8) is 0 Å². The van der Waals surface area contributed by atoms with Crippen LogP contribution in [0.5, 0.6) is 0 Å². The first-order valence-electron chi connectivity index (χ1n) is 10.2. The molecule has 33 heavy (non-hydrogen) atoms. The smallest absolute Gasteiger partial charge is 0.322 e. The summed E-state index contributed by atoms with van der Waals surface area (Å²) in [5.74, 6) is -3.51. The summed E-state index contributed by atoms with van der Waals surface area (Å²) in [5.41, 5.74) is 16.8. The fourth-order valence-electron chi connectivity index (χ4n) is 2.75. The monoisotopic (exact) mass is 465 g/mol. The first-order chi connectivity index (χ1) is 15.6. The molecule has 13 nitrogen and oxygen atoms in total. The van der Waals surface area contributed by atoms with Crippen molar-refractivity contribution in [2.45, 2.75) is 37.4 Å². The lowest BCUT2D eigenvalue weighted by Gasteiger charge is -2.24. The summed E-state index contributed by atoms with van der Waals surface area (Å²) >= 11 is 0. The molecule has 182 valence electrons. The van der Waals surface area contributed by atoms with Crippen molar-refractivity contribution < 1.29 is 29.4 Å². The van der Waals surface area contributed by atoms with E-state index in [4.69, 9.17) is 27.4 Å². The standard InChI is InChI=1S/C20H31N7O6/c21-13(11-28)17(31)26-14(7-4-8-24-20(22)23)19(33)27-15(18(32)25-10-16(29)30)9-12-5-2-1-3-6-12/h1-3,5-6,13-15,28H,4,7-11,21H2,(H,25,32)(H,26,31)(H,27,33)(H,29,30)(H4,22,23,24). The van der Waals surface area contributed by atoms with Gasteiger partial charge < -0.3 is 43.4 Å². The predicted molar refractivity (Wildman–Crippen MR) is 120 cm³/mol. The molecule has 3 amide bonds. The van der Waals surface area contributed by atoms with E-state index in [0.717, 1.165) is 5.56 Å². The van der Waals surface area contributed by atoms with Gasteiger partial charge in [0.25, 0.3) is 0 Å². The normalized spacial score (nSPS) is 13.2. The Labute approximate surface area is 190 Å². The van der Waals surface area contributed by atoms with Gasteiger partial charge in [0.15, 0.2) is 5.96 Å². The molecule has 0 aliphatic heterocycles. The van der Waals surface area contributed by atoms with Crippen molar-refractivity contribution in [2.75, 3.05) is 19.7 Å². The molecule has 0 heterocycles. The molecule has 13 heteroatoms. The number of rotatable bonds is 14. The Morgan fingerprint density at radius 3 is 2.18 bits per heavy atom. The van der Waals surface area contributed by atoms with Crippen molar-refractivity contribution >= 4 is 29.7 Å². The minimum atomic E-state index is -1.24. The maximum absolute atomic E-state index is 13.0. The minimum Gasteiger partial charge on any atom is -0.480 e. The topological polar surface area (TPSA) is 235 Å². The molecule has 0 radical (unpaired) electrons. The van der Waals surface area contributed by atoms with E-state index in [0.29, 0.717) is 6.42 Å². The van der Waals surface area contributed by atoms with Crippen LogP contribution in [-0.4, -0.2) is 77.7 Å². The highest BCUT2D eigenvalue weighted by Crippen LogP contribution is 2.06. The number of benzene rings is 1. The first kappa shape index (κ1) is 27.3. The molecular weight excluding hydrogens is 434 g/mol. The van der Waals surface area contributed by atoms with Crippen LogP contribution in [0.3, 0.4) is 0 Å². The van der Waals surface area contributed by atoms with E-state index >= 15 is 0 Å². The number of aliphatic imine (C=N–C) groups is 1. The second kappa shape index (κ2) is 14.4. The Hall–Kier alpha value is -3.71. The van der Waals surface area contributed by atoms with Crippen molar-refractivity contribution in [2.24, 2.45) is 22.2 Å². The second-order valence-corrected chi connectivity index (χ2v) is 7.16. The fraction of sp³-hybridized carbons (Fsp3) is 0.450. The fourth-order valence-corrected chi connectivity index (χ4v) is 2.75. The van der Waals surface area contributed by atoms with E-state index in [1.165, 1.54) is 0 Å². The maximum atomic E-state index is 13.0. The Kier molecular flexibility index (Phi) is 11.9. The number of guanidine groups is 1.